The number of rotatable bonds is 4. The number of hydrogen-bond donors (Lipinski definition) is 2. The number of hydroxylamine groups is 2. The van der Waals surface area contributed by atoms with Gasteiger partial charge in [0.05, 0.1) is 12.1 Å². The van der Waals surface area contributed by atoms with Crippen LogP contribution < -0.4 is 5.32 Å². The Labute approximate surface area is 205 Å². The number of amides is 3. The molecule has 1 heterocycles. The fourth-order valence-electron chi connectivity index (χ4n) is 2.99. The lowest BCUT2D eigenvalue weighted by molar-refractivity contribution is -0.211. The lowest BCUT2D eigenvalue weighted by atomic mass is 9.93. The minimum Gasteiger partial charge on any atom is -0.463 e. The molecule has 34 heavy (non-hydrogen) atoms. The Morgan fingerprint density at radius 2 is 1.59 bits per heavy atom. The number of carbonyl (C=O) groups excluding carboxylic acids is 2. The van der Waals surface area contributed by atoms with Gasteiger partial charge in [-0.2, -0.15) is 5.06 Å². The standard InChI is InChI=1S/C24H36N4O5S/c1-21(2,3)17(29)25-19-26-28(18(30)22(4,5)6)24(34-19,16-13-11-10-12-14-16)15-27(20(31)32)33-23(7,8)9/h10-14H,15H2,1-9H3,(H,31,32)(H,25,26,29). The molecule has 0 bridgehead atoms. The number of carbonyl (C=O) groups is 3. The quantitative estimate of drug-likeness (QED) is 0.594. The normalized spacial score (nSPS) is 19.0. The maximum absolute atomic E-state index is 13.6. The highest BCUT2D eigenvalue weighted by molar-refractivity contribution is 8.14. The fraction of sp³-hybridized carbons (Fsp3) is 0.583. The molecule has 2 rings (SSSR count). The first-order valence-corrected chi connectivity index (χ1v) is 11.9. The zero-order valence-corrected chi connectivity index (χ0v) is 22.2. The Bertz CT molecular complexity index is 960. The summed E-state index contributed by atoms with van der Waals surface area (Å²) in [6.07, 6.45) is -1.30. The zero-order valence-electron chi connectivity index (χ0n) is 21.4. The second kappa shape index (κ2) is 9.58. The smallest absolute Gasteiger partial charge is 0.431 e. The predicted molar refractivity (Wildman–Crippen MR) is 133 cm³/mol. The Hall–Kier alpha value is -2.59. The van der Waals surface area contributed by atoms with E-state index in [-0.39, 0.29) is 23.5 Å². The molecule has 0 saturated heterocycles. The molecule has 3 amide bonds. The highest BCUT2D eigenvalue weighted by atomic mass is 32.2. The predicted octanol–water partition coefficient (Wildman–Crippen LogP) is 4.60. The first kappa shape index (κ1) is 27.7. The average Bonchev–Trinajstić information content (AvgIpc) is 3.03. The molecule has 0 aromatic heterocycles. The number of benzene rings is 1. The van der Waals surface area contributed by atoms with Crippen LogP contribution in [-0.2, 0) is 19.3 Å². The molecular formula is C24H36N4O5S. The topological polar surface area (TPSA) is 112 Å². The molecule has 1 aliphatic heterocycles. The lowest BCUT2D eigenvalue weighted by Crippen LogP contribution is -2.54. The van der Waals surface area contributed by atoms with Gasteiger partial charge in [-0.05, 0) is 38.1 Å². The average molecular weight is 493 g/mol. The number of thioether (sulfide) groups is 1. The molecule has 1 atom stereocenters. The molecule has 1 unspecified atom stereocenters. The van der Waals surface area contributed by atoms with Crippen molar-refractivity contribution >= 4 is 34.8 Å². The van der Waals surface area contributed by atoms with Crippen LogP contribution in [0.2, 0.25) is 0 Å². The van der Waals surface area contributed by atoms with Gasteiger partial charge in [0.1, 0.15) is 0 Å². The zero-order chi connectivity index (χ0) is 26.1. The van der Waals surface area contributed by atoms with Crippen molar-refractivity contribution < 1.29 is 24.3 Å². The molecule has 1 aliphatic rings. The molecule has 0 radical (unpaired) electrons. The summed E-state index contributed by atoms with van der Waals surface area (Å²) in [5, 5.41) is 19.6. The van der Waals surface area contributed by atoms with Crippen LogP contribution in [0.25, 0.3) is 0 Å². The van der Waals surface area contributed by atoms with E-state index in [2.05, 4.69) is 10.4 Å². The summed E-state index contributed by atoms with van der Waals surface area (Å²) in [5.74, 6) is -0.600. The third-order valence-electron chi connectivity index (χ3n) is 4.71. The Balaban J connectivity index is 2.66. The summed E-state index contributed by atoms with van der Waals surface area (Å²) in [4.78, 5) is 42.9. The minimum absolute atomic E-state index is 0.211. The molecule has 0 fully saturated rings. The summed E-state index contributed by atoms with van der Waals surface area (Å²) >= 11 is 1.12. The molecule has 0 saturated carbocycles. The van der Waals surface area contributed by atoms with Crippen molar-refractivity contribution in [2.45, 2.75) is 72.8 Å². The van der Waals surface area contributed by atoms with Crippen molar-refractivity contribution in [2.75, 3.05) is 6.54 Å². The molecule has 188 valence electrons. The first-order valence-electron chi connectivity index (χ1n) is 11.1. The van der Waals surface area contributed by atoms with Gasteiger partial charge in [-0.3, -0.25) is 14.4 Å². The minimum atomic E-state index is -1.31. The highest BCUT2D eigenvalue weighted by Gasteiger charge is 2.53. The van der Waals surface area contributed by atoms with E-state index in [1.165, 1.54) is 5.01 Å². The lowest BCUT2D eigenvalue weighted by Gasteiger charge is -2.41. The van der Waals surface area contributed by atoms with Gasteiger partial charge in [-0.15, -0.1) is 5.10 Å². The van der Waals surface area contributed by atoms with Gasteiger partial charge in [0.25, 0.3) is 0 Å². The Kier molecular flexibility index (Phi) is 7.79. The second-order valence-corrected chi connectivity index (χ2v) is 12.5. The van der Waals surface area contributed by atoms with Crippen LogP contribution in [0.3, 0.4) is 0 Å². The maximum Gasteiger partial charge on any atom is 0.431 e. The van der Waals surface area contributed by atoms with E-state index in [0.29, 0.717) is 5.56 Å². The molecule has 10 heteroatoms. The van der Waals surface area contributed by atoms with Gasteiger partial charge in [0.2, 0.25) is 11.8 Å². The van der Waals surface area contributed by atoms with Crippen LogP contribution >= 0.6 is 11.8 Å². The van der Waals surface area contributed by atoms with Crippen molar-refractivity contribution in [1.82, 2.24) is 15.4 Å². The van der Waals surface area contributed by atoms with Gasteiger partial charge in [-0.1, -0.05) is 71.9 Å². The van der Waals surface area contributed by atoms with Crippen molar-refractivity contribution in [2.24, 2.45) is 15.9 Å². The summed E-state index contributed by atoms with van der Waals surface area (Å²) in [6.45, 7) is 15.6. The molecule has 1 aromatic rings. The Morgan fingerprint density at radius 3 is 2.03 bits per heavy atom. The van der Waals surface area contributed by atoms with E-state index >= 15 is 0 Å². The summed E-state index contributed by atoms with van der Waals surface area (Å²) in [6, 6.07) is 9.04. The third-order valence-corrected chi connectivity index (χ3v) is 5.97. The number of amidine groups is 1. The molecule has 9 nitrogen and oxygen atoms in total. The largest absolute Gasteiger partial charge is 0.463 e. The van der Waals surface area contributed by atoms with Crippen molar-refractivity contribution in [3.63, 3.8) is 0 Å². The van der Waals surface area contributed by atoms with E-state index < -0.39 is 27.4 Å². The van der Waals surface area contributed by atoms with Gasteiger partial charge >= 0.3 is 6.09 Å². The fourth-order valence-corrected chi connectivity index (χ4v) is 4.22. The van der Waals surface area contributed by atoms with Crippen LogP contribution in [0.15, 0.2) is 35.4 Å². The molecule has 0 spiro atoms. The van der Waals surface area contributed by atoms with Crippen LogP contribution in [0, 0.1) is 10.8 Å². The van der Waals surface area contributed by atoms with Crippen LogP contribution in [0.5, 0.6) is 0 Å². The Morgan fingerprint density at radius 1 is 1.03 bits per heavy atom. The van der Waals surface area contributed by atoms with Gasteiger partial charge in [-0.25, -0.2) is 9.80 Å². The van der Waals surface area contributed by atoms with Crippen LogP contribution in [-0.4, -0.2) is 50.4 Å². The van der Waals surface area contributed by atoms with Crippen LogP contribution in [0.1, 0.15) is 67.9 Å². The number of hydrogen-bond acceptors (Lipinski definition) is 6. The van der Waals surface area contributed by atoms with Gasteiger partial charge in [0.15, 0.2) is 10.0 Å². The summed E-state index contributed by atoms with van der Waals surface area (Å²) in [5.41, 5.74) is -1.68. The highest BCUT2D eigenvalue weighted by Crippen LogP contribution is 2.48. The summed E-state index contributed by atoms with van der Waals surface area (Å²) in [7, 11) is 0. The maximum atomic E-state index is 13.6. The van der Waals surface area contributed by atoms with Gasteiger partial charge < -0.3 is 10.4 Å². The van der Waals surface area contributed by atoms with E-state index in [0.717, 1.165) is 16.8 Å². The van der Waals surface area contributed by atoms with E-state index in [1.54, 1.807) is 86.6 Å². The first-order chi connectivity index (χ1) is 15.4. The van der Waals surface area contributed by atoms with Crippen LogP contribution in [0.4, 0.5) is 4.79 Å². The van der Waals surface area contributed by atoms with Crippen molar-refractivity contribution in [3.05, 3.63) is 35.9 Å². The summed E-state index contributed by atoms with van der Waals surface area (Å²) < 4.78 is 0. The second-order valence-electron chi connectivity index (χ2n) is 11.3. The third kappa shape index (κ3) is 6.50. The van der Waals surface area contributed by atoms with E-state index in [4.69, 9.17) is 4.84 Å². The van der Waals surface area contributed by atoms with Crippen molar-refractivity contribution in [3.8, 4) is 0 Å². The number of nitrogens with zero attached hydrogens (tertiary/aromatic N) is 3. The number of carboxylic acid groups (broad SMARTS) is 1. The molecule has 1 aromatic carbocycles. The van der Waals surface area contributed by atoms with Gasteiger partial charge in [0, 0.05) is 10.8 Å². The molecule has 2 N–H and O–H groups in total. The van der Waals surface area contributed by atoms with E-state index in [1.807, 2.05) is 6.07 Å². The van der Waals surface area contributed by atoms with E-state index in [9.17, 15) is 19.5 Å². The molecule has 0 aliphatic carbocycles. The number of hydrazone groups is 1. The van der Waals surface area contributed by atoms with Crippen molar-refractivity contribution in [1.29, 1.82) is 0 Å². The molecular weight excluding hydrogens is 456 g/mol. The monoisotopic (exact) mass is 492 g/mol. The number of nitrogens with one attached hydrogen (secondary N) is 1. The SMILES string of the molecule is CC(C)(C)ON(CC1(c2ccccc2)SC(NC(=O)C(C)(C)C)=NN1C(=O)C(C)(C)C)C(=O)O.